The third-order valence-electron chi connectivity index (χ3n) is 4.77. The average Bonchev–Trinajstić information content (AvgIpc) is 2.73. The van der Waals surface area contributed by atoms with Gasteiger partial charge in [-0.15, -0.1) is 0 Å². The summed E-state index contributed by atoms with van der Waals surface area (Å²) in [6.07, 6.45) is 7.21. The van der Waals surface area contributed by atoms with Gasteiger partial charge in [0, 0.05) is 23.2 Å². The minimum absolute atomic E-state index is 0.563. The second-order valence-electron chi connectivity index (χ2n) is 6.72. The summed E-state index contributed by atoms with van der Waals surface area (Å²) in [7, 11) is 0. The summed E-state index contributed by atoms with van der Waals surface area (Å²) >= 11 is 0. The van der Waals surface area contributed by atoms with Crippen molar-refractivity contribution in [2.24, 2.45) is 10.7 Å². The molecular formula is C22H18N6. The minimum Gasteiger partial charge on any atom is -0.333 e. The Balaban J connectivity index is 1.48. The number of para-hydroxylation sites is 1. The quantitative estimate of drug-likeness (QED) is 0.505. The molecule has 1 unspecified atom stereocenters. The molecule has 28 heavy (non-hydrogen) atoms. The first kappa shape index (κ1) is 16.4. The van der Waals surface area contributed by atoms with Gasteiger partial charge in [0.2, 0.25) is 5.96 Å². The summed E-state index contributed by atoms with van der Waals surface area (Å²) in [5.74, 6) is 0.563. The maximum atomic E-state index is 6.62. The van der Waals surface area contributed by atoms with Crippen LogP contribution in [0.2, 0.25) is 0 Å². The maximum absolute atomic E-state index is 6.62. The first-order valence-corrected chi connectivity index (χ1v) is 9.00. The van der Waals surface area contributed by atoms with Crippen LogP contribution < -0.4 is 16.4 Å². The summed E-state index contributed by atoms with van der Waals surface area (Å²) in [5, 5.41) is 8.47. The standard InChI is InChI=1S/C22H18N6/c23-22(17-7-8-20-15(12-17)5-3-10-24-20)9-11-25-21(28-22)27-18-13-16-4-1-2-6-19(16)26-14-18/h1-14H,23H2,(H2,25,27,28). The van der Waals surface area contributed by atoms with E-state index in [9.17, 15) is 0 Å². The van der Waals surface area contributed by atoms with Crippen LogP contribution in [-0.2, 0) is 5.66 Å². The molecule has 0 radical (unpaired) electrons. The molecule has 0 spiro atoms. The number of aliphatic imine (C=N–C) groups is 1. The number of nitrogens with one attached hydrogen (secondary N) is 2. The number of hydrogen-bond acceptors (Lipinski definition) is 6. The molecule has 1 aliphatic heterocycles. The van der Waals surface area contributed by atoms with Gasteiger partial charge in [-0.25, -0.2) is 4.99 Å². The molecule has 0 fully saturated rings. The van der Waals surface area contributed by atoms with E-state index < -0.39 is 5.66 Å². The fourth-order valence-corrected chi connectivity index (χ4v) is 3.33. The van der Waals surface area contributed by atoms with Crippen molar-refractivity contribution in [1.82, 2.24) is 15.3 Å². The molecule has 6 heteroatoms. The third-order valence-corrected chi connectivity index (χ3v) is 4.77. The van der Waals surface area contributed by atoms with E-state index in [4.69, 9.17) is 10.7 Å². The Morgan fingerprint density at radius 3 is 2.68 bits per heavy atom. The van der Waals surface area contributed by atoms with E-state index >= 15 is 0 Å². The second-order valence-corrected chi connectivity index (χ2v) is 6.72. The molecule has 6 nitrogen and oxygen atoms in total. The zero-order valence-corrected chi connectivity index (χ0v) is 15.0. The Labute approximate surface area is 161 Å². The SMILES string of the molecule is NC1(c2ccc3ncccc3c2)C=CNC(Nc2cnc3ccccc3c2)=N1. The van der Waals surface area contributed by atoms with E-state index in [1.165, 1.54) is 0 Å². The van der Waals surface area contributed by atoms with Gasteiger partial charge in [-0.05, 0) is 42.0 Å². The smallest absolute Gasteiger partial charge is 0.202 e. The Morgan fingerprint density at radius 1 is 0.893 bits per heavy atom. The van der Waals surface area contributed by atoms with Crippen molar-refractivity contribution < 1.29 is 0 Å². The number of hydrogen-bond donors (Lipinski definition) is 3. The highest BCUT2D eigenvalue weighted by Gasteiger charge is 2.27. The van der Waals surface area contributed by atoms with E-state index in [0.717, 1.165) is 33.1 Å². The molecule has 4 N–H and O–H groups in total. The number of rotatable bonds is 2. The minimum atomic E-state index is -0.970. The topological polar surface area (TPSA) is 88.2 Å². The van der Waals surface area contributed by atoms with Gasteiger partial charge in [-0.2, -0.15) is 0 Å². The molecule has 2 aromatic carbocycles. The van der Waals surface area contributed by atoms with Crippen molar-refractivity contribution in [2.45, 2.75) is 5.66 Å². The second kappa shape index (κ2) is 6.44. The predicted octanol–water partition coefficient (Wildman–Crippen LogP) is 3.48. The maximum Gasteiger partial charge on any atom is 0.202 e. The number of fused-ring (bicyclic) bond motifs is 2. The van der Waals surface area contributed by atoms with Gasteiger partial charge in [-0.1, -0.05) is 30.3 Å². The molecule has 4 aromatic rings. The Morgan fingerprint density at radius 2 is 1.71 bits per heavy atom. The van der Waals surface area contributed by atoms with Crippen LogP contribution in [-0.4, -0.2) is 15.9 Å². The van der Waals surface area contributed by atoms with Crippen molar-refractivity contribution in [3.8, 4) is 0 Å². The van der Waals surface area contributed by atoms with Crippen LogP contribution in [0.15, 0.2) is 90.3 Å². The van der Waals surface area contributed by atoms with Gasteiger partial charge < -0.3 is 10.6 Å². The first-order valence-electron chi connectivity index (χ1n) is 9.00. The van der Waals surface area contributed by atoms with E-state index in [2.05, 4.69) is 20.6 Å². The van der Waals surface area contributed by atoms with Crippen LogP contribution in [0.1, 0.15) is 5.56 Å². The van der Waals surface area contributed by atoms with Crippen LogP contribution in [0.5, 0.6) is 0 Å². The number of guanidine groups is 1. The predicted molar refractivity (Wildman–Crippen MR) is 113 cm³/mol. The number of aromatic nitrogens is 2. The van der Waals surface area contributed by atoms with Gasteiger partial charge in [0.05, 0.1) is 22.9 Å². The van der Waals surface area contributed by atoms with Crippen LogP contribution >= 0.6 is 0 Å². The molecule has 0 amide bonds. The normalized spacial score (nSPS) is 18.7. The first-order chi connectivity index (χ1) is 13.7. The molecule has 136 valence electrons. The zero-order chi connectivity index (χ0) is 19.0. The lowest BCUT2D eigenvalue weighted by Crippen LogP contribution is -2.41. The molecule has 0 bridgehead atoms. The largest absolute Gasteiger partial charge is 0.333 e. The van der Waals surface area contributed by atoms with Crippen molar-refractivity contribution in [3.05, 3.63) is 90.9 Å². The summed E-state index contributed by atoms with van der Waals surface area (Å²) in [4.78, 5) is 13.5. The van der Waals surface area contributed by atoms with Crippen molar-refractivity contribution in [3.63, 3.8) is 0 Å². The van der Waals surface area contributed by atoms with Crippen molar-refractivity contribution in [1.29, 1.82) is 0 Å². The van der Waals surface area contributed by atoms with E-state index in [1.807, 2.05) is 66.7 Å². The number of nitrogens with zero attached hydrogens (tertiary/aromatic N) is 3. The Hall–Kier alpha value is -3.77. The molecule has 0 saturated carbocycles. The molecule has 5 rings (SSSR count). The number of benzene rings is 2. The number of anilines is 1. The van der Waals surface area contributed by atoms with Crippen LogP contribution in [0, 0.1) is 0 Å². The van der Waals surface area contributed by atoms with E-state index in [-0.39, 0.29) is 0 Å². The highest BCUT2D eigenvalue weighted by atomic mass is 15.2. The molecule has 2 aromatic heterocycles. The molecule has 3 heterocycles. The van der Waals surface area contributed by atoms with Gasteiger partial charge in [0.15, 0.2) is 5.66 Å². The summed E-state index contributed by atoms with van der Waals surface area (Å²) < 4.78 is 0. The highest BCUT2D eigenvalue weighted by Crippen LogP contribution is 2.27. The summed E-state index contributed by atoms with van der Waals surface area (Å²) in [5.41, 5.74) is 9.25. The number of nitrogens with two attached hydrogens (primary N) is 1. The van der Waals surface area contributed by atoms with E-state index in [1.54, 1.807) is 18.6 Å². The monoisotopic (exact) mass is 366 g/mol. The lowest BCUT2D eigenvalue weighted by molar-refractivity contribution is 0.583. The lowest BCUT2D eigenvalue weighted by Gasteiger charge is -2.27. The van der Waals surface area contributed by atoms with Gasteiger partial charge in [0.1, 0.15) is 0 Å². The highest BCUT2D eigenvalue weighted by molar-refractivity contribution is 5.97. The van der Waals surface area contributed by atoms with Gasteiger partial charge in [0.25, 0.3) is 0 Å². The Bertz CT molecular complexity index is 1250. The lowest BCUT2D eigenvalue weighted by atomic mass is 9.98. The Kier molecular flexibility index (Phi) is 3.77. The molecule has 0 aliphatic carbocycles. The van der Waals surface area contributed by atoms with Crippen LogP contribution in [0.4, 0.5) is 5.69 Å². The third kappa shape index (κ3) is 2.95. The molecule has 1 atom stereocenters. The van der Waals surface area contributed by atoms with Crippen LogP contribution in [0.25, 0.3) is 21.8 Å². The summed E-state index contributed by atoms with van der Waals surface area (Å²) in [6.45, 7) is 0. The van der Waals surface area contributed by atoms with Crippen molar-refractivity contribution >= 4 is 33.5 Å². The fourth-order valence-electron chi connectivity index (χ4n) is 3.33. The van der Waals surface area contributed by atoms with Gasteiger partial charge in [-0.3, -0.25) is 15.7 Å². The van der Waals surface area contributed by atoms with E-state index in [0.29, 0.717) is 5.96 Å². The molecular weight excluding hydrogens is 348 g/mol. The summed E-state index contributed by atoms with van der Waals surface area (Å²) in [6, 6.07) is 19.9. The van der Waals surface area contributed by atoms with Crippen molar-refractivity contribution in [2.75, 3.05) is 5.32 Å². The molecule has 1 aliphatic rings. The number of pyridine rings is 2. The van der Waals surface area contributed by atoms with Crippen LogP contribution in [0.3, 0.4) is 0 Å². The van der Waals surface area contributed by atoms with Gasteiger partial charge >= 0.3 is 0 Å². The zero-order valence-electron chi connectivity index (χ0n) is 15.0. The molecule has 0 saturated heterocycles. The fraction of sp³-hybridized carbons (Fsp3) is 0.0455. The average molecular weight is 366 g/mol.